The first kappa shape index (κ1) is 31.0. The van der Waals surface area contributed by atoms with E-state index in [4.69, 9.17) is 16.3 Å². The minimum Gasteiger partial charge on any atom is -0.494 e. The van der Waals surface area contributed by atoms with Crippen LogP contribution in [0, 0.1) is 0 Å². The molecule has 0 radical (unpaired) electrons. The molecule has 0 saturated carbocycles. The standard InChI is InChI=1S/C30H36ClN3O5S/c1-5-39-27-16-14-26(15-17-27)34(40(4,37)38)21-29(35)33(20-24-12-9-13-25(31)18-24)28(30(36)32-22(2)3)19-23-10-7-6-8-11-23/h6-18,22,28H,5,19-21H2,1-4H3,(H,32,36)/t28-/m1/s1. The van der Waals surface area contributed by atoms with Crippen LogP contribution in [0.5, 0.6) is 5.75 Å². The molecule has 214 valence electrons. The summed E-state index contributed by atoms with van der Waals surface area (Å²) in [5.41, 5.74) is 1.89. The molecule has 8 nitrogen and oxygen atoms in total. The number of ether oxygens (including phenoxy) is 1. The van der Waals surface area contributed by atoms with Gasteiger partial charge in [-0.1, -0.05) is 54.1 Å². The minimum absolute atomic E-state index is 0.0588. The van der Waals surface area contributed by atoms with Crippen molar-refractivity contribution in [2.45, 2.75) is 45.8 Å². The van der Waals surface area contributed by atoms with Crippen molar-refractivity contribution in [2.75, 3.05) is 23.7 Å². The third kappa shape index (κ3) is 8.99. The maximum absolute atomic E-state index is 14.0. The summed E-state index contributed by atoms with van der Waals surface area (Å²) >= 11 is 6.23. The Morgan fingerprint density at radius 2 is 1.60 bits per heavy atom. The van der Waals surface area contributed by atoms with Crippen molar-refractivity contribution in [2.24, 2.45) is 0 Å². The molecule has 40 heavy (non-hydrogen) atoms. The third-order valence-corrected chi connectivity index (χ3v) is 7.43. The topological polar surface area (TPSA) is 96.0 Å². The molecule has 10 heteroatoms. The van der Waals surface area contributed by atoms with Gasteiger partial charge in [-0.25, -0.2) is 8.42 Å². The van der Waals surface area contributed by atoms with Gasteiger partial charge in [-0.2, -0.15) is 0 Å². The molecule has 0 aliphatic rings. The van der Waals surface area contributed by atoms with Gasteiger partial charge in [0.1, 0.15) is 18.3 Å². The lowest BCUT2D eigenvalue weighted by Gasteiger charge is -2.34. The van der Waals surface area contributed by atoms with Crippen molar-refractivity contribution >= 4 is 39.1 Å². The van der Waals surface area contributed by atoms with Crippen LogP contribution in [0.3, 0.4) is 0 Å². The summed E-state index contributed by atoms with van der Waals surface area (Å²) in [6.45, 7) is 5.57. The third-order valence-electron chi connectivity index (χ3n) is 6.06. The van der Waals surface area contributed by atoms with Gasteiger partial charge in [-0.15, -0.1) is 0 Å². The molecule has 0 bridgehead atoms. The monoisotopic (exact) mass is 585 g/mol. The highest BCUT2D eigenvalue weighted by Crippen LogP contribution is 2.23. The van der Waals surface area contributed by atoms with Gasteiger partial charge < -0.3 is 15.0 Å². The fourth-order valence-corrected chi connectivity index (χ4v) is 5.32. The molecule has 0 aliphatic carbocycles. The van der Waals surface area contributed by atoms with E-state index in [0.717, 1.165) is 16.1 Å². The van der Waals surface area contributed by atoms with Gasteiger partial charge in [0.2, 0.25) is 21.8 Å². The van der Waals surface area contributed by atoms with Gasteiger partial charge >= 0.3 is 0 Å². The second kappa shape index (κ2) is 14.2. The number of anilines is 1. The summed E-state index contributed by atoms with van der Waals surface area (Å²) in [5, 5.41) is 3.41. The average molecular weight is 586 g/mol. The maximum Gasteiger partial charge on any atom is 0.244 e. The summed E-state index contributed by atoms with van der Waals surface area (Å²) < 4.78 is 32.2. The molecule has 0 saturated heterocycles. The number of nitrogens with zero attached hydrogens (tertiary/aromatic N) is 2. The van der Waals surface area contributed by atoms with E-state index in [0.29, 0.717) is 28.6 Å². The Kier molecular flexibility index (Phi) is 11.0. The Labute approximate surface area is 241 Å². The second-order valence-corrected chi connectivity index (χ2v) is 12.1. The molecule has 3 aromatic rings. The number of benzene rings is 3. The molecule has 1 atom stereocenters. The van der Waals surface area contributed by atoms with E-state index in [-0.39, 0.29) is 24.9 Å². The van der Waals surface area contributed by atoms with Crippen molar-refractivity contribution in [1.82, 2.24) is 10.2 Å². The molecule has 0 fully saturated rings. The molecule has 0 unspecified atom stereocenters. The van der Waals surface area contributed by atoms with E-state index < -0.39 is 28.5 Å². The van der Waals surface area contributed by atoms with E-state index in [1.54, 1.807) is 42.5 Å². The lowest BCUT2D eigenvalue weighted by Crippen LogP contribution is -2.54. The number of carbonyl (C=O) groups excluding carboxylic acids is 2. The number of carbonyl (C=O) groups is 2. The van der Waals surface area contributed by atoms with Crippen molar-refractivity contribution in [3.8, 4) is 5.75 Å². The van der Waals surface area contributed by atoms with Crippen LogP contribution in [0.15, 0.2) is 78.9 Å². The van der Waals surface area contributed by atoms with Crippen LogP contribution < -0.4 is 14.4 Å². The Hall–Kier alpha value is -3.56. The molecule has 3 rings (SSSR count). The summed E-state index contributed by atoms with van der Waals surface area (Å²) in [7, 11) is -3.85. The average Bonchev–Trinajstić information content (AvgIpc) is 2.89. The van der Waals surface area contributed by atoms with Gasteiger partial charge in [0.25, 0.3) is 0 Å². The second-order valence-electron chi connectivity index (χ2n) is 9.72. The normalized spacial score (nSPS) is 12.1. The zero-order valence-electron chi connectivity index (χ0n) is 23.2. The fourth-order valence-electron chi connectivity index (χ4n) is 4.26. The molecule has 3 aromatic carbocycles. The first-order valence-corrected chi connectivity index (χ1v) is 15.3. The predicted octanol–water partition coefficient (Wildman–Crippen LogP) is 4.67. The number of rotatable bonds is 13. The first-order valence-electron chi connectivity index (χ1n) is 13.1. The van der Waals surface area contributed by atoms with Gasteiger partial charge in [-0.3, -0.25) is 13.9 Å². The van der Waals surface area contributed by atoms with E-state index in [9.17, 15) is 18.0 Å². The van der Waals surface area contributed by atoms with Crippen LogP contribution in [0.25, 0.3) is 0 Å². The van der Waals surface area contributed by atoms with Crippen LogP contribution >= 0.6 is 11.6 Å². The van der Waals surface area contributed by atoms with Crippen LogP contribution in [0.2, 0.25) is 5.02 Å². The highest BCUT2D eigenvalue weighted by molar-refractivity contribution is 7.92. The molecular weight excluding hydrogens is 550 g/mol. The number of halogens is 1. The molecule has 0 heterocycles. The molecule has 2 amide bonds. The smallest absolute Gasteiger partial charge is 0.244 e. The number of amides is 2. The van der Waals surface area contributed by atoms with Crippen LogP contribution in [0.1, 0.15) is 31.9 Å². The number of sulfonamides is 1. The van der Waals surface area contributed by atoms with Gasteiger partial charge in [0.15, 0.2) is 0 Å². The molecule has 0 spiro atoms. The van der Waals surface area contributed by atoms with E-state index in [1.165, 1.54) is 4.90 Å². The van der Waals surface area contributed by atoms with Crippen LogP contribution in [-0.2, 0) is 32.6 Å². The van der Waals surface area contributed by atoms with Crippen molar-refractivity contribution in [1.29, 1.82) is 0 Å². The van der Waals surface area contributed by atoms with Crippen LogP contribution in [0.4, 0.5) is 5.69 Å². The SMILES string of the molecule is CCOc1ccc(N(CC(=O)N(Cc2cccc(Cl)c2)[C@H](Cc2ccccc2)C(=O)NC(C)C)S(C)(=O)=O)cc1. The predicted molar refractivity (Wildman–Crippen MR) is 159 cm³/mol. The van der Waals surface area contributed by atoms with Crippen molar-refractivity contribution < 1.29 is 22.7 Å². The number of hydrogen-bond donors (Lipinski definition) is 1. The molecule has 0 aliphatic heterocycles. The van der Waals surface area contributed by atoms with E-state index in [1.807, 2.05) is 57.2 Å². The van der Waals surface area contributed by atoms with Crippen LogP contribution in [-0.4, -0.2) is 56.6 Å². The zero-order chi connectivity index (χ0) is 29.3. The van der Waals surface area contributed by atoms with Gasteiger partial charge in [-0.05, 0) is 68.3 Å². The Morgan fingerprint density at radius 3 is 2.17 bits per heavy atom. The quantitative estimate of drug-likeness (QED) is 0.314. The fraction of sp³-hybridized carbons (Fsp3) is 0.333. The summed E-state index contributed by atoms with van der Waals surface area (Å²) in [5.74, 6) is -0.276. The van der Waals surface area contributed by atoms with Gasteiger partial charge in [0.05, 0.1) is 18.6 Å². The summed E-state index contributed by atoms with van der Waals surface area (Å²) in [6.07, 6.45) is 1.29. The largest absolute Gasteiger partial charge is 0.494 e. The highest BCUT2D eigenvalue weighted by Gasteiger charge is 2.33. The Balaban J connectivity index is 2.03. The molecule has 1 N–H and O–H groups in total. The summed E-state index contributed by atoms with van der Waals surface area (Å²) in [6, 6.07) is 21.8. The number of hydrogen-bond acceptors (Lipinski definition) is 5. The lowest BCUT2D eigenvalue weighted by atomic mass is 10.0. The highest BCUT2D eigenvalue weighted by atomic mass is 35.5. The Bertz CT molecular complexity index is 1380. The number of nitrogens with one attached hydrogen (secondary N) is 1. The van der Waals surface area contributed by atoms with Gasteiger partial charge in [0, 0.05) is 24.0 Å². The minimum atomic E-state index is -3.85. The summed E-state index contributed by atoms with van der Waals surface area (Å²) in [4.78, 5) is 29.0. The maximum atomic E-state index is 14.0. The molecular formula is C30H36ClN3O5S. The van der Waals surface area contributed by atoms with E-state index >= 15 is 0 Å². The van der Waals surface area contributed by atoms with Crippen molar-refractivity contribution in [3.63, 3.8) is 0 Å². The first-order chi connectivity index (χ1) is 19.0. The Morgan fingerprint density at radius 1 is 0.950 bits per heavy atom. The van der Waals surface area contributed by atoms with Crippen molar-refractivity contribution in [3.05, 3.63) is 95.0 Å². The molecule has 0 aromatic heterocycles. The lowest BCUT2D eigenvalue weighted by molar-refractivity contribution is -0.140. The zero-order valence-corrected chi connectivity index (χ0v) is 24.8. The van der Waals surface area contributed by atoms with E-state index in [2.05, 4.69) is 5.32 Å².